The molecule has 0 spiro atoms. The molecule has 0 saturated heterocycles. The van der Waals surface area contributed by atoms with Crippen molar-refractivity contribution in [1.82, 2.24) is 0 Å². The molecular formula is C15H24O. The van der Waals surface area contributed by atoms with Crippen LogP contribution in [-0.2, 0) is 0 Å². The summed E-state index contributed by atoms with van der Waals surface area (Å²) >= 11 is 0. The van der Waals surface area contributed by atoms with Crippen molar-refractivity contribution in [2.45, 2.75) is 39.5 Å². The standard InChI is InChI=1S/C15H24O/c1-10-4-6-13-11(2)5-7-14(12(3)9-16)15(13)8-10/h8,11,13-16H,3-7,9H2,1-2H3/t11-,13+,14+,15+/m1/s1. The highest BCUT2D eigenvalue weighted by atomic mass is 16.3. The van der Waals surface area contributed by atoms with Crippen LogP contribution < -0.4 is 0 Å². The van der Waals surface area contributed by atoms with Gasteiger partial charge in [-0.15, -0.1) is 0 Å². The van der Waals surface area contributed by atoms with Gasteiger partial charge in [0.05, 0.1) is 6.61 Å². The van der Waals surface area contributed by atoms with Crippen molar-refractivity contribution in [3.05, 3.63) is 23.8 Å². The minimum Gasteiger partial charge on any atom is -0.392 e. The quantitative estimate of drug-likeness (QED) is 0.706. The monoisotopic (exact) mass is 220 g/mol. The lowest BCUT2D eigenvalue weighted by Crippen LogP contribution is -2.35. The summed E-state index contributed by atoms with van der Waals surface area (Å²) in [6.45, 7) is 8.86. The van der Waals surface area contributed by atoms with Gasteiger partial charge in [-0.25, -0.2) is 0 Å². The molecule has 2 rings (SSSR count). The highest BCUT2D eigenvalue weighted by Gasteiger charge is 2.38. The molecule has 1 N–H and O–H groups in total. The molecule has 90 valence electrons. The average molecular weight is 220 g/mol. The van der Waals surface area contributed by atoms with E-state index in [1.807, 2.05) is 0 Å². The Kier molecular flexibility index (Phi) is 3.53. The normalized spacial score (nSPS) is 38.8. The lowest BCUT2D eigenvalue weighted by Gasteiger charge is -2.44. The van der Waals surface area contributed by atoms with Gasteiger partial charge in [0.25, 0.3) is 0 Å². The van der Waals surface area contributed by atoms with E-state index in [1.54, 1.807) is 0 Å². The first-order chi connectivity index (χ1) is 7.63. The second kappa shape index (κ2) is 4.75. The van der Waals surface area contributed by atoms with Crippen LogP contribution in [0, 0.1) is 23.7 Å². The number of fused-ring (bicyclic) bond motifs is 1. The fourth-order valence-electron chi connectivity index (χ4n) is 3.64. The van der Waals surface area contributed by atoms with Gasteiger partial charge in [0.2, 0.25) is 0 Å². The van der Waals surface area contributed by atoms with E-state index in [9.17, 15) is 5.11 Å². The third-order valence-electron chi connectivity index (χ3n) is 4.70. The Hall–Kier alpha value is -0.560. The molecule has 0 unspecified atom stereocenters. The van der Waals surface area contributed by atoms with Gasteiger partial charge in [0.1, 0.15) is 0 Å². The van der Waals surface area contributed by atoms with Crippen molar-refractivity contribution in [3.8, 4) is 0 Å². The largest absolute Gasteiger partial charge is 0.392 e. The Morgan fingerprint density at radius 2 is 2.19 bits per heavy atom. The van der Waals surface area contributed by atoms with E-state index in [0.29, 0.717) is 11.8 Å². The molecule has 2 aliphatic rings. The van der Waals surface area contributed by atoms with Crippen molar-refractivity contribution in [3.63, 3.8) is 0 Å². The van der Waals surface area contributed by atoms with Gasteiger partial charge in [0, 0.05) is 0 Å². The molecule has 0 heterocycles. The third kappa shape index (κ3) is 2.10. The maximum absolute atomic E-state index is 9.29. The third-order valence-corrected chi connectivity index (χ3v) is 4.70. The van der Waals surface area contributed by atoms with Crippen molar-refractivity contribution >= 4 is 0 Å². The van der Waals surface area contributed by atoms with E-state index in [0.717, 1.165) is 17.4 Å². The van der Waals surface area contributed by atoms with Crippen LogP contribution in [0.15, 0.2) is 23.8 Å². The predicted molar refractivity (Wildman–Crippen MR) is 68.1 cm³/mol. The highest BCUT2D eigenvalue weighted by molar-refractivity contribution is 5.16. The number of hydrogen-bond acceptors (Lipinski definition) is 1. The fourth-order valence-corrected chi connectivity index (χ4v) is 3.64. The van der Waals surface area contributed by atoms with Crippen LogP contribution in [0.1, 0.15) is 39.5 Å². The van der Waals surface area contributed by atoms with Crippen LogP contribution in [-0.4, -0.2) is 11.7 Å². The first kappa shape index (κ1) is 11.9. The van der Waals surface area contributed by atoms with Crippen LogP contribution >= 0.6 is 0 Å². The SMILES string of the molecule is C=C(CO)[C@@H]1CC[C@@H](C)[C@@H]2CCC(C)=C[C@@H]21. The fraction of sp³-hybridized carbons (Fsp3) is 0.733. The molecule has 16 heavy (non-hydrogen) atoms. The zero-order chi connectivity index (χ0) is 11.7. The summed E-state index contributed by atoms with van der Waals surface area (Å²) in [6.07, 6.45) is 7.59. The highest BCUT2D eigenvalue weighted by Crippen LogP contribution is 2.47. The molecule has 1 nitrogen and oxygen atoms in total. The number of aliphatic hydroxyl groups is 1. The zero-order valence-electron chi connectivity index (χ0n) is 10.6. The summed E-state index contributed by atoms with van der Waals surface area (Å²) < 4.78 is 0. The van der Waals surface area contributed by atoms with Crippen LogP contribution in [0.2, 0.25) is 0 Å². The smallest absolute Gasteiger partial charge is 0.0642 e. The molecule has 0 aromatic carbocycles. The van der Waals surface area contributed by atoms with Gasteiger partial charge in [-0.2, -0.15) is 0 Å². The predicted octanol–water partition coefficient (Wildman–Crippen LogP) is 3.55. The molecule has 0 radical (unpaired) electrons. The number of rotatable bonds is 2. The molecule has 2 aliphatic carbocycles. The van der Waals surface area contributed by atoms with E-state index in [2.05, 4.69) is 26.5 Å². The summed E-state index contributed by atoms with van der Waals surface area (Å²) in [5, 5.41) is 9.29. The van der Waals surface area contributed by atoms with Gasteiger partial charge in [-0.05, 0) is 61.9 Å². The van der Waals surface area contributed by atoms with Gasteiger partial charge >= 0.3 is 0 Å². The Bertz CT molecular complexity index is 303. The summed E-state index contributed by atoms with van der Waals surface area (Å²) in [5.74, 6) is 2.85. The van der Waals surface area contributed by atoms with Crippen molar-refractivity contribution in [1.29, 1.82) is 0 Å². The molecule has 0 aromatic rings. The number of allylic oxidation sites excluding steroid dienone is 2. The van der Waals surface area contributed by atoms with E-state index < -0.39 is 0 Å². The lowest BCUT2D eigenvalue weighted by atomic mass is 9.61. The van der Waals surface area contributed by atoms with Gasteiger partial charge in [-0.3, -0.25) is 0 Å². The van der Waals surface area contributed by atoms with Crippen LogP contribution in [0.5, 0.6) is 0 Å². The summed E-state index contributed by atoms with van der Waals surface area (Å²) in [6, 6.07) is 0. The molecule has 0 aliphatic heterocycles. The first-order valence-electron chi connectivity index (χ1n) is 6.59. The Morgan fingerprint density at radius 1 is 1.44 bits per heavy atom. The minimum absolute atomic E-state index is 0.162. The Balaban J connectivity index is 2.22. The topological polar surface area (TPSA) is 20.2 Å². The van der Waals surface area contributed by atoms with Crippen molar-refractivity contribution in [2.75, 3.05) is 6.61 Å². The summed E-state index contributed by atoms with van der Waals surface area (Å²) in [5.41, 5.74) is 2.58. The molecule has 1 heteroatoms. The molecule has 1 fully saturated rings. The second-order valence-electron chi connectivity index (χ2n) is 5.77. The van der Waals surface area contributed by atoms with E-state index in [-0.39, 0.29) is 6.61 Å². The molecule has 0 aromatic heterocycles. The number of aliphatic hydroxyl groups excluding tert-OH is 1. The minimum atomic E-state index is 0.162. The van der Waals surface area contributed by atoms with Crippen molar-refractivity contribution < 1.29 is 5.11 Å². The lowest BCUT2D eigenvalue weighted by molar-refractivity contribution is 0.127. The molecular weight excluding hydrogens is 196 g/mol. The zero-order valence-corrected chi connectivity index (χ0v) is 10.6. The van der Waals surface area contributed by atoms with Gasteiger partial charge in [0.15, 0.2) is 0 Å². The summed E-state index contributed by atoms with van der Waals surface area (Å²) in [7, 11) is 0. The van der Waals surface area contributed by atoms with Crippen LogP contribution in [0.25, 0.3) is 0 Å². The van der Waals surface area contributed by atoms with Crippen LogP contribution in [0.3, 0.4) is 0 Å². The average Bonchev–Trinajstić information content (AvgIpc) is 2.28. The Morgan fingerprint density at radius 3 is 2.88 bits per heavy atom. The molecule has 0 amide bonds. The molecule has 4 atom stereocenters. The maximum Gasteiger partial charge on any atom is 0.0642 e. The van der Waals surface area contributed by atoms with E-state index in [4.69, 9.17) is 0 Å². The van der Waals surface area contributed by atoms with E-state index >= 15 is 0 Å². The van der Waals surface area contributed by atoms with Gasteiger partial charge < -0.3 is 5.11 Å². The maximum atomic E-state index is 9.29. The van der Waals surface area contributed by atoms with E-state index in [1.165, 1.54) is 31.3 Å². The first-order valence-corrected chi connectivity index (χ1v) is 6.59. The Labute approximate surface area is 99.3 Å². The molecule has 0 bridgehead atoms. The molecule has 1 saturated carbocycles. The van der Waals surface area contributed by atoms with Crippen molar-refractivity contribution in [2.24, 2.45) is 23.7 Å². The van der Waals surface area contributed by atoms with Gasteiger partial charge in [-0.1, -0.05) is 25.2 Å². The second-order valence-corrected chi connectivity index (χ2v) is 5.77. The van der Waals surface area contributed by atoms with Crippen LogP contribution in [0.4, 0.5) is 0 Å². The number of hydrogen-bond donors (Lipinski definition) is 1. The summed E-state index contributed by atoms with van der Waals surface area (Å²) in [4.78, 5) is 0.